The van der Waals surface area contributed by atoms with E-state index in [1.807, 2.05) is 24.3 Å². The quantitative estimate of drug-likeness (QED) is 0.718. The van der Waals surface area contributed by atoms with Crippen molar-refractivity contribution < 1.29 is 9.53 Å². The van der Waals surface area contributed by atoms with Crippen molar-refractivity contribution in [2.75, 3.05) is 37.6 Å². The van der Waals surface area contributed by atoms with E-state index in [2.05, 4.69) is 24.8 Å². The minimum atomic E-state index is -0.224. The predicted molar refractivity (Wildman–Crippen MR) is 108 cm³/mol. The third-order valence-electron chi connectivity index (χ3n) is 5.17. The summed E-state index contributed by atoms with van der Waals surface area (Å²) in [6.45, 7) is 5.05. The van der Waals surface area contributed by atoms with E-state index < -0.39 is 0 Å². The highest BCUT2D eigenvalue weighted by Gasteiger charge is 2.20. The Morgan fingerprint density at radius 3 is 2.61 bits per heavy atom. The second-order valence-electron chi connectivity index (χ2n) is 7.11. The predicted octanol–water partition coefficient (Wildman–Crippen LogP) is 2.44. The van der Waals surface area contributed by atoms with Gasteiger partial charge in [-0.1, -0.05) is 12.1 Å². The normalized spacial score (nSPS) is 19.8. The van der Waals surface area contributed by atoms with Crippen LogP contribution in [0.5, 0.6) is 5.75 Å². The molecule has 7 nitrogen and oxygen atoms in total. The molecule has 1 atom stereocenters. The lowest BCUT2D eigenvalue weighted by molar-refractivity contribution is 0.100. The molecule has 1 aromatic carbocycles. The van der Waals surface area contributed by atoms with E-state index in [9.17, 15) is 4.79 Å². The summed E-state index contributed by atoms with van der Waals surface area (Å²) in [4.78, 5) is 29.4. The summed E-state index contributed by atoms with van der Waals surface area (Å²) in [6.07, 6.45) is 8.10. The first-order valence-electron chi connectivity index (χ1n) is 9.88. The summed E-state index contributed by atoms with van der Waals surface area (Å²) in [5.74, 6) is 1.23. The third kappa shape index (κ3) is 4.54. The number of carbonyl (C=O) groups excluding carboxylic acids is 1. The van der Waals surface area contributed by atoms with Crippen molar-refractivity contribution in [3.8, 4) is 5.75 Å². The number of para-hydroxylation sites is 1. The number of fused-ring (bicyclic) bond motifs is 1. The summed E-state index contributed by atoms with van der Waals surface area (Å²) in [5.41, 5.74) is 0.543. The van der Waals surface area contributed by atoms with E-state index in [-0.39, 0.29) is 12.0 Å². The van der Waals surface area contributed by atoms with Crippen LogP contribution in [0.4, 0.5) is 5.95 Å². The topological polar surface area (TPSA) is 70.9 Å². The molecule has 1 unspecified atom stereocenters. The number of hydrogen-bond donors (Lipinski definition) is 0. The first-order valence-corrected chi connectivity index (χ1v) is 9.88. The number of benzene rings is 1. The smallest absolute Gasteiger partial charge is 0.280 e. The molecule has 1 fully saturated rings. The van der Waals surface area contributed by atoms with Crippen molar-refractivity contribution >= 4 is 18.1 Å². The molecule has 0 bridgehead atoms. The van der Waals surface area contributed by atoms with Crippen LogP contribution < -0.4 is 9.64 Å². The molecule has 3 heterocycles. The van der Waals surface area contributed by atoms with Crippen LogP contribution in [-0.2, 0) is 0 Å². The first kappa shape index (κ1) is 18.6. The molecule has 0 saturated carbocycles. The zero-order valence-corrected chi connectivity index (χ0v) is 15.9. The summed E-state index contributed by atoms with van der Waals surface area (Å²) in [5, 5.41) is 0. The van der Waals surface area contributed by atoms with Crippen LogP contribution in [0.1, 0.15) is 29.6 Å². The number of aliphatic imine (C=N–C) groups is 1. The van der Waals surface area contributed by atoms with Gasteiger partial charge in [0, 0.05) is 44.8 Å². The monoisotopic (exact) mass is 379 g/mol. The number of nitrogens with zero attached hydrogens (tertiary/aromatic N) is 5. The minimum Gasteiger partial charge on any atom is -0.484 e. The van der Waals surface area contributed by atoms with E-state index in [4.69, 9.17) is 4.74 Å². The average molecular weight is 379 g/mol. The highest BCUT2D eigenvalue weighted by Crippen LogP contribution is 2.23. The zero-order chi connectivity index (χ0) is 19.2. The molecule has 0 aliphatic carbocycles. The number of hydrogen-bond acceptors (Lipinski definition) is 6. The van der Waals surface area contributed by atoms with Crippen molar-refractivity contribution in [3.63, 3.8) is 0 Å². The van der Waals surface area contributed by atoms with Gasteiger partial charge in [-0.3, -0.25) is 9.69 Å². The summed E-state index contributed by atoms with van der Waals surface area (Å²) < 4.78 is 5.98. The first-order chi connectivity index (χ1) is 13.8. The van der Waals surface area contributed by atoms with Crippen molar-refractivity contribution in [1.29, 1.82) is 0 Å². The summed E-state index contributed by atoms with van der Waals surface area (Å²) >= 11 is 0. The van der Waals surface area contributed by atoms with Gasteiger partial charge in [0.2, 0.25) is 5.95 Å². The lowest BCUT2D eigenvalue weighted by atomic mass is 10.1. The maximum absolute atomic E-state index is 12.0. The molecule has 0 spiro atoms. The van der Waals surface area contributed by atoms with E-state index in [0.717, 1.165) is 57.9 Å². The fraction of sp³-hybridized carbons (Fsp3) is 0.429. The van der Waals surface area contributed by atoms with Crippen molar-refractivity contribution in [3.05, 3.63) is 48.3 Å². The van der Waals surface area contributed by atoms with Gasteiger partial charge in [0.25, 0.3) is 5.91 Å². The van der Waals surface area contributed by atoms with Gasteiger partial charge in [-0.2, -0.15) is 0 Å². The summed E-state index contributed by atoms with van der Waals surface area (Å²) in [7, 11) is 0. The van der Waals surface area contributed by atoms with E-state index >= 15 is 0 Å². The fourth-order valence-corrected chi connectivity index (χ4v) is 3.60. The Hall–Kier alpha value is -2.80. The van der Waals surface area contributed by atoms with Gasteiger partial charge in [0.15, 0.2) is 0 Å². The standard InChI is InChI=1S/C21H25N5O2/c27-20-18-7-1-2-8-19(18)28-17(16-24-20)6-3-4-11-25-12-14-26(15-13-25)21-22-9-5-10-23-21/h1-2,5,7-10,16-17H,3-4,6,11-15H2. The van der Waals surface area contributed by atoms with Gasteiger partial charge in [0.1, 0.15) is 11.9 Å². The van der Waals surface area contributed by atoms with Crippen molar-refractivity contribution in [1.82, 2.24) is 14.9 Å². The lowest BCUT2D eigenvalue weighted by Crippen LogP contribution is -2.47. The van der Waals surface area contributed by atoms with E-state index in [0.29, 0.717) is 11.3 Å². The second kappa shape index (κ2) is 8.93. The number of rotatable bonds is 6. The zero-order valence-electron chi connectivity index (χ0n) is 15.9. The van der Waals surface area contributed by atoms with Crippen LogP contribution >= 0.6 is 0 Å². The molecular formula is C21H25N5O2. The van der Waals surface area contributed by atoms with Gasteiger partial charge in [-0.05, 0) is 44.0 Å². The van der Waals surface area contributed by atoms with Crippen LogP contribution in [0.25, 0.3) is 0 Å². The highest BCUT2D eigenvalue weighted by molar-refractivity contribution is 6.02. The molecule has 1 aromatic heterocycles. The van der Waals surface area contributed by atoms with Crippen LogP contribution in [0.3, 0.4) is 0 Å². The summed E-state index contributed by atoms with van der Waals surface area (Å²) in [6, 6.07) is 9.16. The van der Waals surface area contributed by atoms with Crippen LogP contribution in [0, 0.1) is 0 Å². The molecule has 2 aliphatic rings. The fourth-order valence-electron chi connectivity index (χ4n) is 3.60. The Morgan fingerprint density at radius 1 is 1.00 bits per heavy atom. The van der Waals surface area contributed by atoms with Gasteiger partial charge < -0.3 is 9.64 Å². The molecule has 7 heteroatoms. The number of piperazine rings is 1. The molecule has 0 radical (unpaired) electrons. The van der Waals surface area contributed by atoms with Gasteiger partial charge in [0.05, 0.1) is 5.56 Å². The molecule has 1 amide bonds. The van der Waals surface area contributed by atoms with Gasteiger partial charge in [-0.25, -0.2) is 15.0 Å². The number of anilines is 1. The number of ether oxygens (including phenoxy) is 1. The average Bonchev–Trinajstić information content (AvgIpc) is 2.91. The molecule has 4 rings (SSSR count). The molecule has 2 aliphatic heterocycles. The van der Waals surface area contributed by atoms with Crippen LogP contribution in [0.2, 0.25) is 0 Å². The molecule has 146 valence electrons. The Balaban J connectivity index is 1.19. The van der Waals surface area contributed by atoms with E-state index in [1.165, 1.54) is 0 Å². The third-order valence-corrected chi connectivity index (χ3v) is 5.17. The highest BCUT2D eigenvalue weighted by atomic mass is 16.5. The van der Waals surface area contributed by atoms with E-state index in [1.54, 1.807) is 24.7 Å². The maximum atomic E-state index is 12.0. The number of unbranched alkanes of at least 4 members (excludes halogenated alkanes) is 1. The maximum Gasteiger partial charge on any atom is 0.280 e. The molecule has 2 aromatic rings. The largest absolute Gasteiger partial charge is 0.484 e. The number of amides is 1. The number of carbonyl (C=O) groups is 1. The SMILES string of the molecule is O=C1N=CC(CCCCN2CCN(c3ncccn3)CC2)Oc2ccccc21. The molecule has 28 heavy (non-hydrogen) atoms. The number of aromatic nitrogens is 2. The van der Waals surface area contributed by atoms with Gasteiger partial charge >= 0.3 is 0 Å². The van der Waals surface area contributed by atoms with Crippen LogP contribution in [0.15, 0.2) is 47.7 Å². The van der Waals surface area contributed by atoms with Gasteiger partial charge in [-0.15, -0.1) is 0 Å². The molecule has 0 N–H and O–H groups in total. The second-order valence-corrected chi connectivity index (χ2v) is 7.11. The van der Waals surface area contributed by atoms with Crippen molar-refractivity contribution in [2.24, 2.45) is 4.99 Å². The van der Waals surface area contributed by atoms with Crippen molar-refractivity contribution in [2.45, 2.75) is 25.4 Å². The Labute approximate surface area is 165 Å². The Morgan fingerprint density at radius 2 is 1.79 bits per heavy atom. The molecule has 1 saturated heterocycles. The Kier molecular flexibility index (Phi) is 5.92. The van der Waals surface area contributed by atoms with Crippen LogP contribution in [-0.4, -0.2) is 65.8 Å². The minimum absolute atomic E-state index is 0.139. The Bertz CT molecular complexity index is 819. The lowest BCUT2D eigenvalue weighted by Gasteiger charge is -2.34. The molecular weight excluding hydrogens is 354 g/mol.